The molecule has 0 spiro atoms. The molecule has 0 aliphatic rings. The molecule has 2 nitrogen and oxygen atoms in total. The van der Waals surface area contributed by atoms with Crippen LogP contribution in [0.4, 0.5) is 0 Å². The average Bonchev–Trinajstić information content (AvgIpc) is 2.27. The molecule has 0 fully saturated rings. The van der Waals surface area contributed by atoms with Crippen molar-refractivity contribution in [2.45, 2.75) is 45.6 Å². The van der Waals surface area contributed by atoms with Crippen molar-refractivity contribution < 1.29 is 4.74 Å². The summed E-state index contributed by atoms with van der Waals surface area (Å²) in [6.45, 7) is 10.2. The lowest BCUT2D eigenvalue weighted by atomic mass is 9.95. The third-order valence-corrected chi connectivity index (χ3v) is 3.00. The Balaban J connectivity index is 2.57. The maximum atomic E-state index is 5.82. The Kier molecular flexibility index (Phi) is 5.83. The van der Waals surface area contributed by atoms with E-state index in [0.717, 1.165) is 19.6 Å². The standard InChI is InChI=1S/C16H27NO/c1-13-6-8-14(9-7-13)15(12-17-5)10-11-18-16(2,3)4/h6-9,15,17H,10-12H2,1-5H3. The van der Waals surface area contributed by atoms with E-state index in [-0.39, 0.29) is 5.60 Å². The molecular formula is C16H27NO. The van der Waals surface area contributed by atoms with Crippen LogP contribution >= 0.6 is 0 Å². The Labute approximate surface area is 112 Å². The van der Waals surface area contributed by atoms with Gasteiger partial charge in [-0.1, -0.05) is 29.8 Å². The number of nitrogens with one attached hydrogen (secondary N) is 1. The summed E-state index contributed by atoms with van der Waals surface area (Å²) < 4.78 is 5.82. The van der Waals surface area contributed by atoms with Crippen molar-refractivity contribution in [3.8, 4) is 0 Å². The number of aryl methyl sites for hydroxylation is 1. The van der Waals surface area contributed by atoms with Crippen molar-refractivity contribution in [1.29, 1.82) is 0 Å². The summed E-state index contributed by atoms with van der Waals surface area (Å²) in [6, 6.07) is 8.83. The fourth-order valence-electron chi connectivity index (χ4n) is 1.98. The molecule has 1 aromatic carbocycles. The molecule has 18 heavy (non-hydrogen) atoms. The van der Waals surface area contributed by atoms with Crippen LogP contribution in [0.2, 0.25) is 0 Å². The van der Waals surface area contributed by atoms with Crippen molar-refractivity contribution >= 4 is 0 Å². The van der Waals surface area contributed by atoms with E-state index in [2.05, 4.69) is 57.3 Å². The second-order valence-electron chi connectivity index (χ2n) is 5.91. The lowest BCUT2D eigenvalue weighted by Crippen LogP contribution is -2.23. The lowest BCUT2D eigenvalue weighted by Gasteiger charge is -2.23. The first-order chi connectivity index (χ1) is 8.42. The number of rotatable bonds is 6. The zero-order valence-electron chi connectivity index (χ0n) is 12.4. The molecule has 1 unspecified atom stereocenters. The molecule has 1 aromatic rings. The van der Waals surface area contributed by atoms with Gasteiger partial charge in [0.2, 0.25) is 0 Å². The SMILES string of the molecule is CNCC(CCOC(C)(C)C)c1ccc(C)cc1. The van der Waals surface area contributed by atoms with E-state index in [4.69, 9.17) is 4.74 Å². The molecule has 1 rings (SSSR count). The van der Waals surface area contributed by atoms with Crippen molar-refractivity contribution in [2.75, 3.05) is 20.2 Å². The van der Waals surface area contributed by atoms with E-state index < -0.39 is 0 Å². The first-order valence-electron chi connectivity index (χ1n) is 6.77. The smallest absolute Gasteiger partial charge is 0.0598 e. The molecule has 0 saturated carbocycles. The normalized spacial score (nSPS) is 13.6. The van der Waals surface area contributed by atoms with Gasteiger partial charge in [0.05, 0.1) is 5.60 Å². The summed E-state index contributed by atoms with van der Waals surface area (Å²) in [5.41, 5.74) is 2.66. The molecule has 0 saturated heterocycles. The Morgan fingerprint density at radius 2 is 1.78 bits per heavy atom. The molecule has 2 heteroatoms. The van der Waals surface area contributed by atoms with Gasteiger partial charge in [0.15, 0.2) is 0 Å². The predicted molar refractivity (Wildman–Crippen MR) is 78.2 cm³/mol. The van der Waals surface area contributed by atoms with Crippen molar-refractivity contribution in [3.63, 3.8) is 0 Å². The topological polar surface area (TPSA) is 21.3 Å². The van der Waals surface area contributed by atoms with Crippen LogP contribution in [-0.4, -0.2) is 25.8 Å². The lowest BCUT2D eigenvalue weighted by molar-refractivity contribution is -0.00618. The van der Waals surface area contributed by atoms with Gasteiger partial charge in [-0.3, -0.25) is 0 Å². The molecule has 0 aromatic heterocycles. The Hall–Kier alpha value is -0.860. The van der Waals surface area contributed by atoms with Crippen LogP contribution in [0.25, 0.3) is 0 Å². The monoisotopic (exact) mass is 249 g/mol. The Bertz CT molecular complexity index is 337. The number of likely N-dealkylation sites (N-methyl/N-ethyl adjacent to an activating group) is 1. The van der Waals surface area contributed by atoms with Crippen molar-refractivity contribution in [3.05, 3.63) is 35.4 Å². The van der Waals surface area contributed by atoms with Gasteiger partial charge < -0.3 is 10.1 Å². The van der Waals surface area contributed by atoms with Gasteiger partial charge >= 0.3 is 0 Å². The highest BCUT2D eigenvalue weighted by atomic mass is 16.5. The van der Waals surface area contributed by atoms with E-state index >= 15 is 0 Å². The van der Waals surface area contributed by atoms with Gasteiger partial charge in [-0.2, -0.15) is 0 Å². The highest BCUT2D eigenvalue weighted by Gasteiger charge is 2.14. The second kappa shape index (κ2) is 6.91. The van der Waals surface area contributed by atoms with Gasteiger partial charge in [-0.25, -0.2) is 0 Å². The molecule has 1 N–H and O–H groups in total. The molecule has 0 aliphatic heterocycles. The van der Waals surface area contributed by atoms with Crippen LogP contribution in [0.15, 0.2) is 24.3 Å². The fourth-order valence-corrected chi connectivity index (χ4v) is 1.98. The highest BCUT2D eigenvalue weighted by Crippen LogP contribution is 2.20. The summed E-state index contributed by atoms with van der Waals surface area (Å²) in [5, 5.41) is 3.27. The summed E-state index contributed by atoms with van der Waals surface area (Å²) >= 11 is 0. The molecule has 102 valence electrons. The van der Waals surface area contributed by atoms with E-state index in [9.17, 15) is 0 Å². The minimum absolute atomic E-state index is 0.0442. The maximum Gasteiger partial charge on any atom is 0.0598 e. The molecule has 0 amide bonds. The first kappa shape index (κ1) is 15.2. The second-order valence-corrected chi connectivity index (χ2v) is 5.91. The fraction of sp³-hybridized carbons (Fsp3) is 0.625. The molecule has 0 bridgehead atoms. The van der Waals surface area contributed by atoms with E-state index in [1.165, 1.54) is 11.1 Å². The molecule has 1 atom stereocenters. The minimum Gasteiger partial charge on any atom is -0.376 e. The zero-order chi connectivity index (χ0) is 13.6. The summed E-state index contributed by atoms with van der Waals surface area (Å²) in [7, 11) is 2.01. The number of ether oxygens (including phenoxy) is 1. The summed E-state index contributed by atoms with van der Waals surface area (Å²) in [5.74, 6) is 0.526. The predicted octanol–water partition coefficient (Wildman–Crippen LogP) is 3.50. The van der Waals surface area contributed by atoms with Crippen LogP contribution in [0, 0.1) is 6.92 Å². The maximum absolute atomic E-state index is 5.82. The average molecular weight is 249 g/mol. The zero-order valence-corrected chi connectivity index (χ0v) is 12.4. The number of benzene rings is 1. The van der Waals surface area contributed by atoms with Crippen LogP contribution in [0.1, 0.15) is 44.2 Å². The van der Waals surface area contributed by atoms with Gasteiger partial charge in [0, 0.05) is 13.2 Å². The highest BCUT2D eigenvalue weighted by molar-refractivity contribution is 5.24. The van der Waals surface area contributed by atoms with E-state index in [1.54, 1.807) is 0 Å². The molecule has 0 aliphatic carbocycles. The number of hydrogen-bond donors (Lipinski definition) is 1. The summed E-state index contributed by atoms with van der Waals surface area (Å²) in [4.78, 5) is 0. The van der Waals surface area contributed by atoms with Gasteiger partial charge in [-0.15, -0.1) is 0 Å². The largest absolute Gasteiger partial charge is 0.376 e. The van der Waals surface area contributed by atoms with Gasteiger partial charge in [0.1, 0.15) is 0 Å². The van der Waals surface area contributed by atoms with Gasteiger partial charge in [-0.05, 0) is 52.6 Å². The Morgan fingerprint density at radius 3 is 2.28 bits per heavy atom. The Morgan fingerprint density at radius 1 is 1.17 bits per heavy atom. The number of hydrogen-bond acceptors (Lipinski definition) is 2. The minimum atomic E-state index is -0.0442. The van der Waals surface area contributed by atoms with Crippen LogP contribution in [0.3, 0.4) is 0 Å². The quantitative estimate of drug-likeness (QED) is 0.833. The van der Waals surface area contributed by atoms with Crippen LogP contribution < -0.4 is 5.32 Å². The third kappa shape index (κ3) is 5.65. The molecule has 0 heterocycles. The first-order valence-corrected chi connectivity index (χ1v) is 6.77. The van der Waals surface area contributed by atoms with E-state index in [0.29, 0.717) is 5.92 Å². The molecule has 0 radical (unpaired) electrons. The van der Waals surface area contributed by atoms with Crippen LogP contribution in [-0.2, 0) is 4.74 Å². The summed E-state index contributed by atoms with van der Waals surface area (Å²) in [6.07, 6.45) is 1.06. The van der Waals surface area contributed by atoms with Gasteiger partial charge in [0.25, 0.3) is 0 Å². The molecular weight excluding hydrogens is 222 g/mol. The van der Waals surface area contributed by atoms with Crippen molar-refractivity contribution in [2.24, 2.45) is 0 Å². The van der Waals surface area contributed by atoms with E-state index in [1.807, 2.05) is 7.05 Å². The third-order valence-electron chi connectivity index (χ3n) is 3.00. The van der Waals surface area contributed by atoms with Crippen LogP contribution in [0.5, 0.6) is 0 Å². The van der Waals surface area contributed by atoms with Crippen molar-refractivity contribution in [1.82, 2.24) is 5.32 Å².